The summed E-state index contributed by atoms with van der Waals surface area (Å²) in [5.74, 6) is 0. The highest BCUT2D eigenvalue weighted by Gasteiger charge is 2.36. The van der Waals surface area contributed by atoms with Gasteiger partial charge in [-0.1, -0.05) is 6.92 Å². The average molecular weight is 354 g/mol. The van der Waals surface area contributed by atoms with Crippen molar-refractivity contribution >= 4 is 10.9 Å². The van der Waals surface area contributed by atoms with Crippen LogP contribution in [0, 0.1) is 22.7 Å². The second-order valence-corrected chi connectivity index (χ2v) is 5.80. The maximum atomic E-state index is 13.5. The predicted molar refractivity (Wildman–Crippen MR) is 89.0 cm³/mol. The smallest absolute Gasteiger partial charge is 0.340 e. The van der Waals surface area contributed by atoms with E-state index in [4.69, 9.17) is 10.5 Å². The van der Waals surface area contributed by atoms with Gasteiger partial charge in [0.05, 0.1) is 28.8 Å². The SMILES string of the molecule is CCC(c1cncc(C#N)c1)n1ccc2c(C(F)(F)F)c(C#N)ccc21. The number of aromatic nitrogens is 2. The number of nitrogens with zero attached hydrogens (tertiary/aromatic N) is 4. The molecule has 26 heavy (non-hydrogen) atoms. The molecule has 0 amide bonds. The number of benzene rings is 1. The summed E-state index contributed by atoms with van der Waals surface area (Å²) in [6, 6.07) is 9.13. The molecule has 1 unspecified atom stereocenters. The van der Waals surface area contributed by atoms with Crippen LogP contribution in [-0.2, 0) is 6.18 Å². The van der Waals surface area contributed by atoms with Crippen molar-refractivity contribution in [1.82, 2.24) is 9.55 Å². The Morgan fingerprint density at radius 3 is 2.54 bits per heavy atom. The van der Waals surface area contributed by atoms with Gasteiger partial charge in [-0.2, -0.15) is 23.7 Å². The molecule has 0 fully saturated rings. The number of hydrogen-bond acceptors (Lipinski definition) is 3. The van der Waals surface area contributed by atoms with Crippen LogP contribution in [0.15, 0.2) is 42.9 Å². The maximum absolute atomic E-state index is 13.5. The molecule has 0 N–H and O–H groups in total. The molecule has 2 heterocycles. The van der Waals surface area contributed by atoms with Gasteiger partial charge in [-0.05, 0) is 36.2 Å². The topological polar surface area (TPSA) is 65.4 Å². The van der Waals surface area contributed by atoms with E-state index < -0.39 is 17.3 Å². The van der Waals surface area contributed by atoms with Gasteiger partial charge < -0.3 is 4.57 Å². The summed E-state index contributed by atoms with van der Waals surface area (Å²) in [6.07, 6.45) is 0.594. The summed E-state index contributed by atoms with van der Waals surface area (Å²) >= 11 is 0. The largest absolute Gasteiger partial charge is 0.418 e. The van der Waals surface area contributed by atoms with Crippen molar-refractivity contribution in [1.29, 1.82) is 10.5 Å². The van der Waals surface area contributed by atoms with Gasteiger partial charge in [0.15, 0.2) is 0 Å². The Kier molecular flexibility index (Phi) is 4.40. The molecular weight excluding hydrogens is 341 g/mol. The zero-order valence-electron chi connectivity index (χ0n) is 13.7. The number of pyridine rings is 1. The van der Waals surface area contributed by atoms with Crippen LogP contribution in [-0.4, -0.2) is 9.55 Å². The molecule has 4 nitrogen and oxygen atoms in total. The zero-order valence-corrected chi connectivity index (χ0v) is 13.7. The van der Waals surface area contributed by atoms with Crippen molar-refractivity contribution in [2.75, 3.05) is 0 Å². The van der Waals surface area contributed by atoms with E-state index in [-0.39, 0.29) is 11.4 Å². The van der Waals surface area contributed by atoms with Gasteiger partial charge in [-0.25, -0.2) is 0 Å². The van der Waals surface area contributed by atoms with E-state index in [1.807, 2.05) is 13.0 Å². The van der Waals surface area contributed by atoms with E-state index in [0.29, 0.717) is 17.5 Å². The first-order valence-electron chi connectivity index (χ1n) is 7.86. The zero-order chi connectivity index (χ0) is 18.9. The van der Waals surface area contributed by atoms with E-state index in [0.717, 1.165) is 5.56 Å². The molecule has 2 aromatic heterocycles. The normalized spacial score (nSPS) is 12.5. The third-order valence-corrected chi connectivity index (χ3v) is 4.30. The van der Waals surface area contributed by atoms with Crippen LogP contribution < -0.4 is 0 Å². The van der Waals surface area contributed by atoms with Crippen LogP contribution in [0.4, 0.5) is 13.2 Å². The van der Waals surface area contributed by atoms with E-state index in [2.05, 4.69) is 4.98 Å². The summed E-state index contributed by atoms with van der Waals surface area (Å²) in [7, 11) is 0. The molecule has 7 heteroatoms. The minimum Gasteiger partial charge on any atom is -0.340 e. The van der Waals surface area contributed by atoms with Crippen LogP contribution in [0.1, 0.15) is 41.6 Å². The molecule has 1 aromatic carbocycles. The molecule has 3 rings (SSSR count). The van der Waals surface area contributed by atoms with Gasteiger partial charge in [-0.3, -0.25) is 4.98 Å². The van der Waals surface area contributed by atoms with E-state index in [1.165, 1.54) is 24.4 Å². The second-order valence-electron chi connectivity index (χ2n) is 5.80. The summed E-state index contributed by atoms with van der Waals surface area (Å²) in [5.41, 5.74) is 0.187. The van der Waals surface area contributed by atoms with E-state index in [9.17, 15) is 13.2 Å². The summed E-state index contributed by atoms with van der Waals surface area (Å²) in [5, 5.41) is 18.1. The Labute approximate surface area is 147 Å². The van der Waals surface area contributed by atoms with Crippen LogP contribution in [0.3, 0.4) is 0 Å². The van der Waals surface area contributed by atoms with Gasteiger partial charge in [0.2, 0.25) is 0 Å². The summed E-state index contributed by atoms with van der Waals surface area (Å²) < 4.78 is 42.1. The van der Waals surface area contributed by atoms with Crippen molar-refractivity contribution in [3.05, 3.63) is 65.1 Å². The molecule has 130 valence electrons. The molecule has 0 bridgehead atoms. The average Bonchev–Trinajstić information content (AvgIpc) is 3.04. The van der Waals surface area contributed by atoms with Gasteiger partial charge >= 0.3 is 6.18 Å². The lowest BCUT2D eigenvalue weighted by Crippen LogP contribution is -2.11. The molecule has 0 radical (unpaired) electrons. The van der Waals surface area contributed by atoms with Gasteiger partial charge in [0, 0.05) is 29.5 Å². The minimum absolute atomic E-state index is 0.0144. The van der Waals surface area contributed by atoms with E-state index >= 15 is 0 Å². The molecule has 0 saturated heterocycles. The third kappa shape index (κ3) is 2.89. The Morgan fingerprint density at radius 1 is 1.15 bits per heavy atom. The summed E-state index contributed by atoms with van der Waals surface area (Å²) in [4.78, 5) is 4.04. The fraction of sp³-hybridized carbons (Fsp3) is 0.211. The molecule has 0 spiro atoms. The van der Waals surface area contributed by atoms with Crippen molar-refractivity contribution < 1.29 is 13.2 Å². The number of nitriles is 2. The van der Waals surface area contributed by atoms with Crippen LogP contribution in [0.25, 0.3) is 10.9 Å². The standard InChI is InChI=1S/C19H13F3N4/c1-2-16(14-7-12(8-23)10-25-11-14)26-6-5-15-17(26)4-3-13(9-24)18(15)19(20,21)22/h3-7,10-11,16H,2H2,1H3. The highest BCUT2D eigenvalue weighted by molar-refractivity contribution is 5.86. The number of fused-ring (bicyclic) bond motifs is 1. The first-order chi connectivity index (χ1) is 12.4. The lowest BCUT2D eigenvalue weighted by molar-refractivity contribution is -0.136. The fourth-order valence-electron chi connectivity index (χ4n) is 3.20. The predicted octanol–water partition coefficient (Wildman–Crippen LogP) is 4.80. The highest BCUT2D eigenvalue weighted by atomic mass is 19.4. The third-order valence-electron chi connectivity index (χ3n) is 4.30. The van der Waals surface area contributed by atoms with Crippen LogP contribution in [0.2, 0.25) is 0 Å². The van der Waals surface area contributed by atoms with Crippen molar-refractivity contribution in [3.8, 4) is 12.1 Å². The van der Waals surface area contributed by atoms with Gasteiger partial charge in [0.25, 0.3) is 0 Å². The quantitative estimate of drug-likeness (QED) is 0.679. The Hall–Kier alpha value is -3.32. The lowest BCUT2D eigenvalue weighted by atomic mass is 10.0. The maximum Gasteiger partial charge on any atom is 0.418 e. The summed E-state index contributed by atoms with van der Waals surface area (Å²) in [6.45, 7) is 1.91. The Morgan fingerprint density at radius 2 is 1.92 bits per heavy atom. The van der Waals surface area contributed by atoms with Crippen LogP contribution in [0.5, 0.6) is 0 Å². The first-order valence-corrected chi connectivity index (χ1v) is 7.86. The number of alkyl halides is 3. The van der Waals surface area contributed by atoms with Crippen molar-refractivity contribution in [3.63, 3.8) is 0 Å². The van der Waals surface area contributed by atoms with E-state index in [1.54, 1.807) is 29.1 Å². The monoisotopic (exact) mass is 354 g/mol. The van der Waals surface area contributed by atoms with Crippen molar-refractivity contribution in [2.45, 2.75) is 25.6 Å². The minimum atomic E-state index is -4.62. The fourth-order valence-corrected chi connectivity index (χ4v) is 3.20. The molecule has 0 saturated carbocycles. The molecule has 3 aromatic rings. The number of hydrogen-bond donors (Lipinski definition) is 0. The highest BCUT2D eigenvalue weighted by Crippen LogP contribution is 2.39. The molecule has 0 aliphatic rings. The van der Waals surface area contributed by atoms with Gasteiger partial charge in [-0.15, -0.1) is 0 Å². The first kappa shape index (κ1) is 17.5. The number of rotatable bonds is 3. The molecule has 0 aliphatic heterocycles. The van der Waals surface area contributed by atoms with Crippen molar-refractivity contribution in [2.24, 2.45) is 0 Å². The van der Waals surface area contributed by atoms with Crippen LogP contribution >= 0.6 is 0 Å². The Bertz CT molecular complexity index is 1050. The Balaban J connectivity index is 2.23. The van der Waals surface area contributed by atoms with Gasteiger partial charge in [0.1, 0.15) is 6.07 Å². The second kappa shape index (κ2) is 6.53. The molecular formula is C19H13F3N4. The molecule has 1 atom stereocenters. The molecule has 0 aliphatic carbocycles. The lowest BCUT2D eigenvalue weighted by Gasteiger charge is -2.19. The number of halogens is 3.